The predicted octanol–water partition coefficient (Wildman–Crippen LogP) is 2.30. The van der Waals surface area contributed by atoms with E-state index in [1.807, 2.05) is 20.8 Å². The average molecular weight is 437 g/mol. The van der Waals surface area contributed by atoms with Crippen molar-refractivity contribution in [3.63, 3.8) is 0 Å². The Morgan fingerprint density at radius 2 is 1.90 bits per heavy atom. The lowest BCUT2D eigenvalue weighted by molar-refractivity contribution is -0.146. The summed E-state index contributed by atoms with van der Waals surface area (Å²) in [5.41, 5.74) is -0.239. The molecular formula is C21H32N4O6. The molecule has 1 saturated heterocycles. The molecule has 31 heavy (non-hydrogen) atoms. The van der Waals surface area contributed by atoms with E-state index in [0.717, 1.165) is 12.8 Å². The van der Waals surface area contributed by atoms with Crippen molar-refractivity contribution in [2.45, 2.75) is 71.4 Å². The van der Waals surface area contributed by atoms with E-state index in [2.05, 4.69) is 15.5 Å². The SMILES string of the molecule is CC[C@H](NC(=O)O[C@@H](CC(C)(C)C)C(=O)N1CCOCC1)C(=O)c1noc(C2CC2)n1. The fraction of sp³-hybridized carbons (Fsp3) is 0.762. The molecule has 2 heterocycles. The average Bonchev–Trinajstić information content (AvgIpc) is 3.46. The number of ketones is 1. The summed E-state index contributed by atoms with van der Waals surface area (Å²) < 4.78 is 16.0. The third kappa shape index (κ3) is 6.49. The molecule has 0 spiro atoms. The molecule has 0 bridgehead atoms. The first-order chi connectivity index (χ1) is 14.7. The molecule has 10 nitrogen and oxygen atoms in total. The van der Waals surface area contributed by atoms with Gasteiger partial charge < -0.3 is 24.2 Å². The Labute approximate surface area is 182 Å². The van der Waals surface area contributed by atoms with Crippen molar-refractivity contribution in [2.75, 3.05) is 26.3 Å². The number of hydrogen-bond donors (Lipinski definition) is 1. The van der Waals surface area contributed by atoms with E-state index in [4.69, 9.17) is 14.0 Å². The largest absolute Gasteiger partial charge is 0.436 e. The predicted molar refractivity (Wildman–Crippen MR) is 110 cm³/mol. The first kappa shape index (κ1) is 23.2. The van der Waals surface area contributed by atoms with Gasteiger partial charge in [0, 0.05) is 19.0 Å². The maximum atomic E-state index is 13.0. The molecule has 1 aliphatic heterocycles. The Balaban J connectivity index is 1.63. The number of morpholine rings is 1. The summed E-state index contributed by atoms with van der Waals surface area (Å²) in [6.07, 6.45) is 0.868. The van der Waals surface area contributed by atoms with Crippen LogP contribution in [0.4, 0.5) is 4.79 Å². The first-order valence-corrected chi connectivity index (χ1v) is 10.9. The highest BCUT2D eigenvalue weighted by Crippen LogP contribution is 2.38. The fourth-order valence-corrected chi connectivity index (χ4v) is 3.37. The maximum absolute atomic E-state index is 13.0. The van der Waals surface area contributed by atoms with Gasteiger partial charge in [0.15, 0.2) is 6.10 Å². The molecule has 172 valence electrons. The van der Waals surface area contributed by atoms with E-state index in [9.17, 15) is 14.4 Å². The van der Waals surface area contributed by atoms with Crippen molar-refractivity contribution >= 4 is 17.8 Å². The third-order valence-corrected chi connectivity index (χ3v) is 5.25. The van der Waals surface area contributed by atoms with Crippen LogP contribution in [0.5, 0.6) is 0 Å². The number of ether oxygens (including phenoxy) is 2. The summed E-state index contributed by atoms with van der Waals surface area (Å²) in [4.78, 5) is 44.1. The van der Waals surface area contributed by atoms with Gasteiger partial charge in [0.1, 0.15) is 0 Å². The number of nitrogens with one attached hydrogen (secondary N) is 1. The van der Waals surface area contributed by atoms with Crippen molar-refractivity contribution in [3.05, 3.63) is 11.7 Å². The lowest BCUT2D eigenvalue weighted by Crippen LogP contribution is -2.50. The molecule has 1 aromatic rings. The summed E-state index contributed by atoms with van der Waals surface area (Å²) in [5.74, 6) is -0.0507. The normalized spacial score (nSPS) is 18.9. The van der Waals surface area contributed by atoms with Gasteiger partial charge in [-0.2, -0.15) is 4.98 Å². The molecular weight excluding hydrogens is 404 g/mol. The Kier molecular flexibility index (Phi) is 7.30. The molecule has 2 fully saturated rings. The molecule has 0 radical (unpaired) electrons. The minimum atomic E-state index is -0.947. The number of carbonyl (C=O) groups is 3. The Hall–Kier alpha value is -2.49. The van der Waals surface area contributed by atoms with Crippen molar-refractivity contribution in [1.29, 1.82) is 0 Å². The molecule has 1 aromatic heterocycles. The van der Waals surface area contributed by atoms with Crippen LogP contribution in [-0.2, 0) is 14.3 Å². The molecule has 3 rings (SSSR count). The summed E-state index contributed by atoms with van der Waals surface area (Å²) in [7, 11) is 0. The van der Waals surface area contributed by atoms with Gasteiger partial charge in [-0.25, -0.2) is 4.79 Å². The number of nitrogens with zero attached hydrogens (tertiary/aromatic N) is 3. The van der Waals surface area contributed by atoms with Gasteiger partial charge in [0.2, 0.25) is 17.5 Å². The van der Waals surface area contributed by atoms with Crippen molar-refractivity contribution in [2.24, 2.45) is 5.41 Å². The van der Waals surface area contributed by atoms with Crippen LogP contribution >= 0.6 is 0 Å². The van der Waals surface area contributed by atoms with Gasteiger partial charge in [0.05, 0.1) is 19.3 Å². The lowest BCUT2D eigenvalue weighted by atomic mass is 9.88. The molecule has 1 aliphatic carbocycles. The number of alkyl carbamates (subject to hydrolysis) is 1. The van der Waals surface area contributed by atoms with Crippen LogP contribution in [0.1, 0.15) is 75.8 Å². The lowest BCUT2D eigenvalue weighted by Gasteiger charge is -2.32. The highest BCUT2D eigenvalue weighted by atomic mass is 16.6. The number of amides is 2. The zero-order valence-electron chi connectivity index (χ0n) is 18.7. The van der Waals surface area contributed by atoms with Gasteiger partial charge in [-0.05, 0) is 31.1 Å². The van der Waals surface area contributed by atoms with Crippen LogP contribution in [0, 0.1) is 5.41 Å². The molecule has 1 N–H and O–H groups in total. The fourth-order valence-electron chi connectivity index (χ4n) is 3.37. The third-order valence-electron chi connectivity index (χ3n) is 5.25. The van der Waals surface area contributed by atoms with Crippen LogP contribution in [0.2, 0.25) is 0 Å². The van der Waals surface area contributed by atoms with Crippen molar-refractivity contribution in [1.82, 2.24) is 20.4 Å². The second-order valence-electron chi connectivity index (χ2n) is 9.30. The minimum Gasteiger partial charge on any atom is -0.436 e. The highest BCUT2D eigenvalue weighted by molar-refractivity contribution is 5.98. The van der Waals surface area contributed by atoms with Gasteiger partial charge in [-0.3, -0.25) is 9.59 Å². The summed E-state index contributed by atoms with van der Waals surface area (Å²) in [5, 5.41) is 6.32. The zero-order valence-corrected chi connectivity index (χ0v) is 18.7. The van der Waals surface area contributed by atoms with Crippen LogP contribution in [-0.4, -0.2) is 71.3 Å². The minimum absolute atomic E-state index is 0.0512. The standard InChI is InChI=1S/C21H32N4O6/c1-5-14(16(26)17-23-18(31-24-17)13-6-7-13)22-20(28)30-15(12-21(2,3)4)19(27)25-8-10-29-11-9-25/h13-15H,5-12H2,1-4H3,(H,22,28)/t14-,15-/m0/s1. The van der Waals surface area contributed by atoms with Crippen LogP contribution < -0.4 is 5.32 Å². The highest BCUT2D eigenvalue weighted by Gasteiger charge is 2.35. The van der Waals surface area contributed by atoms with E-state index in [0.29, 0.717) is 45.0 Å². The first-order valence-electron chi connectivity index (χ1n) is 10.9. The van der Waals surface area contributed by atoms with E-state index >= 15 is 0 Å². The second kappa shape index (κ2) is 9.76. The van der Waals surface area contributed by atoms with Crippen molar-refractivity contribution < 1.29 is 28.4 Å². The molecule has 10 heteroatoms. The molecule has 2 aliphatic rings. The second-order valence-corrected chi connectivity index (χ2v) is 9.30. The maximum Gasteiger partial charge on any atom is 0.408 e. The smallest absolute Gasteiger partial charge is 0.408 e. The Morgan fingerprint density at radius 3 is 2.48 bits per heavy atom. The molecule has 0 unspecified atom stereocenters. The zero-order chi connectivity index (χ0) is 22.6. The number of hydrogen-bond acceptors (Lipinski definition) is 8. The van der Waals surface area contributed by atoms with Crippen LogP contribution in [0.25, 0.3) is 0 Å². The van der Waals surface area contributed by atoms with E-state index in [1.165, 1.54) is 0 Å². The van der Waals surface area contributed by atoms with Gasteiger partial charge in [-0.15, -0.1) is 0 Å². The number of carbonyl (C=O) groups excluding carboxylic acids is 3. The van der Waals surface area contributed by atoms with E-state index in [-0.39, 0.29) is 23.1 Å². The molecule has 0 aromatic carbocycles. The Bertz CT molecular complexity index is 792. The molecule has 2 atom stereocenters. The van der Waals surface area contributed by atoms with Crippen LogP contribution in [0.15, 0.2) is 4.52 Å². The monoisotopic (exact) mass is 436 g/mol. The topological polar surface area (TPSA) is 124 Å². The number of Topliss-reactive ketones (excluding diaryl/α,β-unsaturated/α-hetero) is 1. The summed E-state index contributed by atoms with van der Waals surface area (Å²) in [6, 6.07) is -0.870. The summed E-state index contributed by atoms with van der Waals surface area (Å²) >= 11 is 0. The number of aromatic nitrogens is 2. The Morgan fingerprint density at radius 1 is 1.23 bits per heavy atom. The van der Waals surface area contributed by atoms with Gasteiger partial charge in [0.25, 0.3) is 5.91 Å². The van der Waals surface area contributed by atoms with Gasteiger partial charge >= 0.3 is 6.09 Å². The quantitative estimate of drug-likeness (QED) is 0.616. The van der Waals surface area contributed by atoms with Gasteiger partial charge in [-0.1, -0.05) is 32.9 Å². The van der Waals surface area contributed by atoms with E-state index in [1.54, 1.807) is 11.8 Å². The van der Waals surface area contributed by atoms with Crippen LogP contribution in [0.3, 0.4) is 0 Å². The number of rotatable bonds is 8. The van der Waals surface area contributed by atoms with Crippen molar-refractivity contribution in [3.8, 4) is 0 Å². The van der Waals surface area contributed by atoms with E-state index < -0.39 is 24.0 Å². The molecule has 2 amide bonds. The molecule has 1 saturated carbocycles. The summed E-state index contributed by atoms with van der Waals surface area (Å²) in [6.45, 7) is 9.51.